The highest BCUT2D eigenvalue weighted by Gasteiger charge is 2.06. The molecule has 0 N–H and O–H groups in total. The van der Waals surface area contributed by atoms with Crippen LogP contribution in [0.5, 0.6) is 0 Å². The van der Waals surface area contributed by atoms with Crippen LogP contribution < -0.4 is 0 Å². The molecule has 0 radical (unpaired) electrons. The van der Waals surface area contributed by atoms with Crippen molar-refractivity contribution in [2.45, 2.75) is 6.54 Å². The topological polar surface area (TPSA) is 16.4 Å². The highest BCUT2D eigenvalue weighted by atomic mass is 16.3. The second-order valence-corrected chi connectivity index (χ2v) is 6.46. The summed E-state index contributed by atoms with van der Waals surface area (Å²) >= 11 is 0. The molecule has 1 heterocycles. The third-order valence-electron chi connectivity index (χ3n) is 4.50. The molecule has 0 unspecified atom stereocenters. The number of nitrogens with zero attached hydrogens (tertiary/aromatic N) is 1. The van der Waals surface area contributed by atoms with Crippen LogP contribution in [-0.4, -0.2) is 18.5 Å². The predicted molar refractivity (Wildman–Crippen MR) is 106 cm³/mol. The zero-order valence-corrected chi connectivity index (χ0v) is 14.4. The SMILES string of the molecule is CN(C/C=C/c1ccc2ccccc2c1)Cc1coc2ccccc12. The van der Waals surface area contributed by atoms with Crippen molar-refractivity contribution in [1.82, 2.24) is 4.90 Å². The summed E-state index contributed by atoms with van der Waals surface area (Å²) in [5.74, 6) is 0. The van der Waals surface area contributed by atoms with E-state index in [1.807, 2.05) is 18.4 Å². The predicted octanol–water partition coefficient (Wildman–Crippen LogP) is 5.73. The Morgan fingerprint density at radius 3 is 2.64 bits per heavy atom. The fraction of sp³-hybridized carbons (Fsp3) is 0.130. The largest absolute Gasteiger partial charge is 0.464 e. The molecule has 2 heteroatoms. The number of likely N-dealkylation sites (N-methyl/N-ethyl adjacent to an activating group) is 1. The van der Waals surface area contributed by atoms with Crippen molar-refractivity contribution in [3.05, 3.63) is 90.2 Å². The summed E-state index contributed by atoms with van der Waals surface area (Å²) in [5.41, 5.74) is 3.43. The molecule has 4 rings (SSSR count). The molecule has 0 fully saturated rings. The van der Waals surface area contributed by atoms with E-state index in [-0.39, 0.29) is 0 Å². The van der Waals surface area contributed by atoms with E-state index in [4.69, 9.17) is 4.42 Å². The Kier molecular flexibility index (Phi) is 4.36. The van der Waals surface area contributed by atoms with Gasteiger partial charge >= 0.3 is 0 Å². The standard InChI is InChI=1S/C23H21NO/c1-24(16-21-17-25-23-11-5-4-10-22(21)23)14-6-7-18-12-13-19-8-2-3-9-20(19)15-18/h2-13,15,17H,14,16H2,1H3/b7-6+. The lowest BCUT2D eigenvalue weighted by Crippen LogP contribution is -2.17. The zero-order chi connectivity index (χ0) is 17.1. The number of hydrogen-bond acceptors (Lipinski definition) is 2. The molecule has 0 amide bonds. The molecule has 0 aliphatic carbocycles. The molecular weight excluding hydrogens is 306 g/mol. The Morgan fingerprint density at radius 1 is 0.920 bits per heavy atom. The molecule has 0 aliphatic heterocycles. The van der Waals surface area contributed by atoms with E-state index >= 15 is 0 Å². The van der Waals surface area contributed by atoms with Crippen molar-refractivity contribution in [3.8, 4) is 0 Å². The monoisotopic (exact) mass is 327 g/mol. The third kappa shape index (κ3) is 3.49. The molecule has 0 saturated carbocycles. The Labute approximate surface area is 148 Å². The average molecular weight is 327 g/mol. The second kappa shape index (κ2) is 6.96. The van der Waals surface area contributed by atoms with Gasteiger partial charge < -0.3 is 4.42 Å². The van der Waals surface area contributed by atoms with Crippen molar-refractivity contribution < 1.29 is 4.42 Å². The van der Waals surface area contributed by atoms with Gasteiger partial charge in [0.2, 0.25) is 0 Å². The smallest absolute Gasteiger partial charge is 0.134 e. The van der Waals surface area contributed by atoms with Gasteiger partial charge in [0.05, 0.1) is 6.26 Å². The first-order valence-corrected chi connectivity index (χ1v) is 8.58. The maximum absolute atomic E-state index is 5.62. The Bertz CT molecular complexity index is 1030. The van der Waals surface area contributed by atoms with Gasteiger partial charge in [0, 0.05) is 24.0 Å². The first-order chi connectivity index (χ1) is 12.3. The van der Waals surface area contributed by atoms with Gasteiger partial charge in [-0.1, -0.05) is 66.7 Å². The first-order valence-electron chi connectivity index (χ1n) is 8.58. The summed E-state index contributed by atoms with van der Waals surface area (Å²) in [6.45, 7) is 1.77. The van der Waals surface area contributed by atoms with Crippen LogP contribution in [0.4, 0.5) is 0 Å². The van der Waals surface area contributed by atoms with Gasteiger partial charge in [-0.15, -0.1) is 0 Å². The first kappa shape index (κ1) is 15.7. The molecule has 0 bridgehead atoms. The number of furan rings is 1. The summed E-state index contributed by atoms with van der Waals surface area (Å²) in [7, 11) is 2.13. The normalized spacial score (nSPS) is 11.9. The summed E-state index contributed by atoms with van der Waals surface area (Å²) < 4.78 is 5.62. The molecule has 0 saturated heterocycles. The van der Waals surface area contributed by atoms with Crippen LogP contribution >= 0.6 is 0 Å². The fourth-order valence-corrected chi connectivity index (χ4v) is 3.19. The van der Waals surface area contributed by atoms with Gasteiger partial charge in [-0.05, 0) is 35.5 Å². The molecule has 3 aromatic carbocycles. The van der Waals surface area contributed by atoms with E-state index in [1.54, 1.807) is 0 Å². The van der Waals surface area contributed by atoms with Crippen molar-refractivity contribution in [1.29, 1.82) is 0 Å². The summed E-state index contributed by atoms with van der Waals surface area (Å²) in [6, 6.07) is 23.2. The number of para-hydroxylation sites is 1. The second-order valence-electron chi connectivity index (χ2n) is 6.46. The molecule has 0 atom stereocenters. The molecule has 0 spiro atoms. The van der Waals surface area contributed by atoms with Crippen LogP contribution in [0.25, 0.3) is 27.8 Å². The average Bonchev–Trinajstić information content (AvgIpc) is 3.05. The summed E-state index contributed by atoms with van der Waals surface area (Å²) in [6.07, 6.45) is 6.27. The van der Waals surface area contributed by atoms with Gasteiger partial charge in [-0.25, -0.2) is 0 Å². The van der Waals surface area contributed by atoms with Crippen molar-refractivity contribution in [2.24, 2.45) is 0 Å². The van der Waals surface area contributed by atoms with Crippen LogP contribution in [0.15, 0.2) is 83.5 Å². The number of benzene rings is 3. The third-order valence-corrected chi connectivity index (χ3v) is 4.50. The van der Waals surface area contributed by atoms with Crippen LogP contribution in [0.3, 0.4) is 0 Å². The Balaban J connectivity index is 1.42. The fourth-order valence-electron chi connectivity index (χ4n) is 3.19. The van der Waals surface area contributed by atoms with Crippen LogP contribution in [0.1, 0.15) is 11.1 Å². The van der Waals surface area contributed by atoms with E-state index in [1.165, 1.54) is 27.3 Å². The van der Waals surface area contributed by atoms with Crippen molar-refractivity contribution in [3.63, 3.8) is 0 Å². The maximum Gasteiger partial charge on any atom is 0.134 e. The minimum atomic E-state index is 0.874. The highest BCUT2D eigenvalue weighted by Crippen LogP contribution is 2.22. The highest BCUT2D eigenvalue weighted by molar-refractivity contribution is 5.84. The minimum absolute atomic E-state index is 0.874. The van der Waals surface area contributed by atoms with E-state index in [2.05, 4.69) is 78.7 Å². The molecule has 2 nitrogen and oxygen atoms in total. The van der Waals surface area contributed by atoms with Gasteiger partial charge in [0.1, 0.15) is 5.58 Å². The molecule has 124 valence electrons. The van der Waals surface area contributed by atoms with E-state index in [0.29, 0.717) is 0 Å². The molecule has 4 aromatic rings. The number of hydrogen-bond donors (Lipinski definition) is 0. The van der Waals surface area contributed by atoms with Gasteiger partial charge in [0.25, 0.3) is 0 Å². The molecule has 1 aromatic heterocycles. The van der Waals surface area contributed by atoms with Crippen LogP contribution in [0, 0.1) is 0 Å². The molecular formula is C23H21NO. The van der Waals surface area contributed by atoms with Crippen molar-refractivity contribution in [2.75, 3.05) is 13.6 Å². The van der Waals surface area contributed by atoms with Gasteiger partial charge in [0.15, 0.2) is 0 Å². The van der Waals surface area contributed by atoms with Crippen LogP contribution in [0.2, 0.25) is 0 Å². The number of rotatable bonds is 5. The molecule has 0 aliphatic rings. The number of fused-ring (bicyclic) bond motifs is 2. The lowest BCUT2D eigenvalue weighted by molar-refractivity contribution is 0.363. The van der Waals surface area contributed by atoms with E-state index in [0.717, 1.165) is 18.7 Å². The van der Waals surface area contributed by atoms with Crippen LogP contribution in [-0.2, 0) is 6.54 Å². The zero-order valence-electron chi connectivity index (χ0n) is 14.4. The quantitative estimate of drug-likeness (QED) is 0.465. The van der Waals surface area contributed by atoms with E-state index in [9.17, 15) is 0 Å². The summed E-state index contributed by atoms with van der Waals surface area (Å²) in [4.78, 5) is 2.29. The molecule has 25 heavy (non-hydrogen) atoms. The maximum atomic E-state index is 5.62. The van der Waals surface area contributed by atoms with E-state index < -0.39 is 0 Å². The van der Waals surface area contributed by atoms with Crippen molar-refractivity contribution >= 4 is 27.8 Å². The Morgan fingerprint density at radius 2 is 1.72 bits per heavy atom. The minimum Gasteiger partial charge on any atom is -0.464 e. The van der Waals surface area contributed by atoms with Gasteiger partial charge in [-0.3, -0.25) is 4.90 Å². The lowest BCUT2D eigenvalue weighted by atomic mass is 10.1. The van der Waals surface area contributed by atoms with Gasteiger partial charge in [-0.2, -0.15) is 0 Å². The lowest BCUT2D eigenvalue weighted by Gasteiger charge is -2.13. The summed E-state index contributed by atoms with van der Waals surface area (Å²) in [5, 5.41) is 3.76. The Hall–Kier alpha value is -2.84.